The van der Waals surface area contributed by atoms with Crippen LogP contribution in [0.15, 0.2) is 21.5 Å². The first-order valence-corrected chi connectivity index (χ1v) is 10.2. The summed E-state index contributed by atoms with van der Waals surface area (Å²) in [5.74, 6) is -0.638. The molecule has 2 atom stereocenters. The van der Waals surface area contributed by atoms with Crippen molar-refractivity contribution >= 4 is 43.4 Å². The van der Waals surface area contributed by atoms with Gasteiger partial charge in [-0.1, -0.05) is 6.42 Å². The Balaban J connectivity index is 2.20. The summed E-state index contributed by atoms with van der Waals surface area (Å²) in [6.07, 6.45) is 5.80. The topological polar surface area (TPSA) is 72.2 Å². The number of rotatable bonds is 4. The second-order valence-corrected chi connectivity index (χ2v) is 8.82. The summed E-state index contributed by atoms with van der Waals surface area (Å²) in [6.45, 7) is 0. The molecule has 8 heteroatoms. The van der Waals surface area contributed by atoms with E-state index in [9.17, 15) is 12.8 Å². The Morgan fingerprint density at radius 1 is 1.43 bits per heavy atom. The number of sulfonamides is 1. The summed E-state index contributed by atoms with van der Waals surface area (Å²) in [5, 5.41) is 0.480. The summed E-state index contributed by atoms with van der Waals surface area (Å²) in [5.41, 5.74) is 5.29. The molecule has 0 heterocycles. The maximum absolute atomic E-state index is 13.3. The van der Waals surface area contributed by atoms with Crippen LogP contribution in [0.25, 0.3) is 0 Å². The first-order chi connectivity index (χ1) is 9.83. The fourth-order valence-electron chi connectivity index (χ4n) is 2.50. The third kappa shape index (κ3) is 4.12. The molecule has 1 saturated carbocycles. The predicted octanol–water partition coefficient (Wildman–Crippen LogP) is 3.12. The molecule has 2 rings (SSSR count). The van der Waals surface area contributed by atoms with Gasteiger partial charge in [0.15, 0.2) is 0 Å². The van der Waals surface area contributed by atoms with Crippen molar-refractivity contribution in [2.75, 3.05) is 12.0 Å². The van der Waals surface area contributed by atoms with Crippen LogP contribution in [0.4, 0.5) is 10.1 Å². The molecule has 3 N–H and O–H groups in total. The Kier molecular flexibility index (Phi) is 5.56. The molecule has 0 aliphatic heterocycles. The van der Waals surface area contributed by atoms with Gasteiger partial charge in [0.2, 0.25) is 10.0 Å². The molecular formula is C13H18BrFN2O2S2. The van der Waals surface area contributed by atoms with Gasteiger partial charge < -0.3 is 5.73 Å². The lowest BCUT2D eigenvalue weighted by atomic mass is 9.96. The zero-order valence-corrected chi connectivity index (χ0v) is 14.8. The number of halogens is 2. The molecule has 0 aromatic heterocycles. The molecular weight excluding hydrogens is 379 g/mol. The van der Waals surface area contributed by atoms with Crippen LogP contribution >= 0.6 is 27.7 Å². The fraction of sp³-hybridized carbons (Fsp3) is 0.538. The van der Waals surface area contributed by atoms with Gasteiger partial charge in [-0.15, -0.1) is 0 Å². The van der Waals surface area contributed by atoms with Crippen LogP contribution in [-0.2, 0) is 10.0 Å². The lowest BCUT2D eigenvalue weighted by Gasteiger charge is -2.28. The number of hydrogen-bond acceptors (Lipinski definition) is 4. The van der Waals surface area contributed by atoms with Crippen LogP contribution in [0.5, 0.6) is 0 Å². The van der Waals surface area contributed by atoms with Crippen LogP contribution in [0.1, 0.15) is 25.7 Å². The highest BCUT2D eigenvalue weighted by Crippen LogP contribution is 2.30. The van der Waals surface area contributed by atoms with E-state index in [1.165, 1.54) is 0 Å². The zero-order valence-electron chi connectivity index (χ0n) is 11.6. The number of hydrogen-bond donors (Lipinski definition) is 2. The maximum atomic E-state index is 13.3. The maximum Gasteiger partial charge on any atom is 0.242 e. The highest BCUT2D eigenvalue weighted by molar-refractivity contribution is 9.10. The molecule has 4 nitrogen and oxygen atoms in total. The molecule has 2 unspecified atom stereocenters. The van der Waals surface area contributed by atoms with Crippen molar-refractivity contribution in [3.05, 3.63) is 22.4 Å². The summed E-state index contributed by atoms with van der Waals surface area (Å²) >= 11 is 4.85. The molecule has 0 saturated heterocycles. The lowest BCUT2D eigenvalue weighted by Crippen LogP contribution is -2.39. The molecule has 1 aromatic carbocycles. The van der Waals surface area contributed by atoms with E-state index in [-0.39, 0.29) is 21.1 Å². The first kappa shape index (κ1) is 17.1. The molecule has 118 valence electrons. The van der Waals surface area contributed by atoms with E-state index in [0.717, 1.165) is 37.8 Å². The van der Waals surface area contributed by atoms with E-state index < -0.39 is 15.8 Å². The average Bonchev–Trinajstić information content (AvgIpc) is 2.42. The van der Waals surface area contributed by atoms with Crippen molar-refractivity contribution < 1.29 is 12.8 Å². The SMILES string of the molecule is CSC1CCCC(NS(=O)(=O)c2cc(N)c(F)cc2Br)C1. The van der Waals surface area contributed by atoms with Gasteiger partial charge in [-0.05, 0) is 53.6 Å². The Morgan fingerprint density at radius 3 is 2.81 bits per heavy atom. The van der Waals surface area contributed by atoms with Crippen LogP contribution in [0, 0.1) is 5.82 Å². The van der Waals surface area contributed by atoms with E-state index in [1.54, 1.807) is 11.8 Å². The van der Waals surface area contributed by atoms with E-state index in [1.807, 2.05) is 6.26 Å². The number of benzene rings is 1. The fourth-order valence-corrected chi connectivity index (χ4v) is 5.66. The van der Waals surface area contributed by atoms with E-state index >= 15 is 0 Å². The molecule has 0 spiro atoms. The Labute approximate surface area is 137 Å². The smallest absolute Gasteiger partial charge is 0.242 e. The minimum Gasteiger partial charge on any atom is -0.396 e. The van der Waals surface area contributed by atoms with E-state index in [0.29, 0.717) is 5.25 Å². The summed E-state index contributed by atoms with van der Waals surface area (Å²) in [6, 6.07) is 2.14. The Morgan fingerprint density at radius 2 is 2.14 bits per heavy atom. The minimum atomic E-state index is -3.71. The highest BCUT2D eigenvalue weighted by Gasteiger charge is 2.27. The molecule has 1 aromatic rings. The van der Waals surface area contributed by atoms with E-state index in [2.05, 4.69) is 20.7 Å². The van der Waals surface area contributed by atoms with Crippen molar-refractivity contribution in [3.63, 3.8) is 0 Å². The third-order valence-electron chi connectivity index (χ3n) is 3.62. The Hall–Kier alpha value is -0.310. The molecule has 0 radical (unpaired) electrons. The van der Waals surface area contributed by atoms with Crippen molar-refractivity contribution in [1.82, 2.24) is 4.72 Å². The number of nitrogen functional groups attached to an aromatic ring is 1. The van der Waals surface area contributed by atoms with Gasteiger partial charge in [0.25, 0.3) is 0 Å². The molecule has 1 aliphatic carbocycles. The molecule has 21 heavy (non-hydrogen) atoms. The average molecular weight is 397 g/mol. The van der Waals surface area contributed by atoms with Crippen molar-refractivity contribution in [3.8, 4) is 0 Å². The summed E-state index contributed by atoms with van der Waals surface area (Å²) in [7, 11) is -3.71. The van der Waals surface area contributed by atoms with Gasteiger partial charge in [-0.2, -0.15) is 11.8 Å². The Bertz CT molecular complexity index is 625. The standard InChI is InChI=1S/C13H18BrFN2O2S2/c1-20-9-4-2-3-8(5-9)17-21(18,19)13-7-12(16)11(15)6-10(13)14/h6-9,17H,2-5,16H2,1H3. The van der Waals surface area contributed by atoms with Crippen LogP contribution in [-0.4, -0.2) is 26.0 Å². The van der Waals surface area contributed by atoms with Crippen molar-refractivity contribution in [1.29, 1.82) is 0 Å². The first-order valence-electron chi connectivity index (χ1n) is 6.63. The minimum absolute atomic E-state index is 0.0207. The zero-order chi connectivity index (χ0) is 15.6. The van der Waals surface area contributed by atoms with E-state index in [4.69, 9.17) is 5.73 Å². The quantitative estimate of drug-likeness (QED) is 0.766. The van der Waals surface area contributed by atoms with Crippen LogP contribution in [0.2, 0.25) is 0 Å². The second-order valence-electron chi connectivity index (χ2n) is 5.15. The lowest BCUT2D eigenvalue weighted by molar-refractivity contribution is 0.420. The number of nitrogens with two attached hydrogens (primary N) is 1. The highest BCUT2D eigenvalue weighted by atomic mass is 79.9. The summed E-state index contributed by atoms with van der Waals surface area (Å²) < 4.78 is 41.1. The second kappa shape index (κ2) is 6.85. The van der Waals surface area contributed by atoms with Gasteiger partial charge in [-0.25, -0.2) is 17.5 Å². The van der Waals surface area contributed by atoms with Gasteiger partial charge in [-0.3, -0.25) is 0 Å². The number of nitrogens with one attached hydrogen (secondary N) is 1. The van der Waals surface area contributed by atoms with Gasteiger partial charge in [0.1, 0.15) is 5.82 Å². The van der Waals surface area contributed by atoms with Crippen molar-refractivity contribution in [2.45, 2.75) is 41.9 Å². The third-order valence-corrected chi connectivity index (χ3v) is 7.20. The van der Waals surface area contributed by atoms with Gasteiger partial charge in [0, 0.05) is 15.8 Å². The molecule has 0 amide bonds. The predicted molar refractivity (Wildman–Crippen MR) is 88.4 cm³/mol. The van der Waals surface area contributed by atoms with Gasteiger partial charge >= 0.3 is 0 Å². The molecule has 0 bridgehead atoms. The van der Waals surface area contributed by atoms with Crippen LogP contribution < -0.4 is 10.5 Å². The normalized spacial score (nSPS) is 23.2. The van der Waals surface area contributed by atoms with Crippen molar-refractivity contribution in [2.24, 2.45) is 0 Å². The molecule has 1 fully saturated rings. The largest absolute Gasteiger partial charge is 0.396 e. The molecule has 1 aliphatic rings. The monoisotopic (exact) mass is 396 g/mol. The number of anilines is 1. The van der Waals surface area contributed by atoms with Crippen LogP contribution in [0.3, 0.4) is 0 Å². The van der Waals surface area contributed by atoms with Gasteiger partial charge in [0.05, 0.1) is 10.6 Å². The number of thioether (sulfide) groups is 1. The summed E-state index contributed by atoms with van der Waals surface area (Å²) in [4.78, 5) is -0.0207.